The highest BCUT2D eigenvalue weighted by atomic mass is 16.7. The Morgan fingerprint density at radius 2 is 1.74 bits per heavy atom. The zero-order chi connectivity index (χ0) is 27.4. The third-order valence-electron chi connectivity index (χ3n) is 6.72. The van der Waals surface area contributed by atoms with Gasteiger partial charge in [-0.25, -0.2) is 0 Å². The van der Waals surface area contributed by atoms with Crippen LogP contribution >= 0.6 is 0 Å². The Morgan fingerprint density at radius 1 is 1.08 bits per heavy atom. The summed E-state index contributed by atoms with van der Waals surface area (Å²) >= 11 is 0. The van der Waals surface area contributed by atoms with Crippen molar-refractivity contribution in [1.29, 1.82) is 0 Å². The number of nitrogens with zero attached hydrogens (tertiary/aromatic N) is 3. The van der Waals surface area contributed by atoms with Gasteiger partial charge in [-0.3, -0.25) is 19.7 Å². The van der Waals surface area contributed by atoms with Gasteiger partial charge in [-0.05, 0) is 50.6 Å². The molecule has 2 aromatic rings. The van der Waals surface area contributed by atoms with Gasteiger partial charge in [0.25, 0.3) is 5.69 Å². The van der Waals surface area contributed by atoms with Crippen LogP contribution in [0, 0.1) is 22.0 Å². The standard InChI is InChI=1S/C26H29N3O9/c1-4-35-24(30)22-18(28-27-16-7-9-17(10-8-16)29(33)34)13-26(3,32)23(25(31)36-5-2)21(22)15-6-11-19-20(12-15)38-14-37-19/h6-12,18,21-23,32H,4-5,13-14H2,1-3H3. The molecule has 2 aliphatic rings. The predicted octanol–water partition coefficient (Wildman–Crippen LogP) is 4.07. The fourth-order valence-electron chi connectivity index (χ4n) is 5.10. The van der Waals surface area contributed by atoms with E-state index in [0.29, 0.717) is 22.7 Å². The largest absolute Gasteiger partial charge is 0.466 e. The van der Waals surface area contributed by atoms with Crippen molar-refractivity contribution in [1.82, 2.24) is 0 Å². The van der Waals surface area contributed by atoms with Gasteiger partial charge in [-0.1, -0.05) is 6.07 Å². The van der Waals surface area contributed by atoms with E-state index in [1.165, 1.54) is 31.2 Å². The number of non-ortho nitro benzene ring substituents is 1. The van der Waals surface area contributed by atoms with Crippen molar-refractivity contribution in [2.45, 2.75) is 44.8 Å². The number of aliphatic hydroxyl groups is 1. The number of nitro groups is 1. The van der Waals surface area contributed by atoms with Gasteiger partial charge in [0.05, 0.1) is 47.3 Å². The lowest BCUT2D eigenvalue weighted by molar-refractivity contribution is -0.384. The van der Waals surface area contributed by atoms with Crippen molar-refractivity contribution >= 4 is 23.3 Å². The minimum Gasteiger partial charge on any atom is -0.466 e. The van der Waals surface area contributed by atoms with Gasteiger partial charge in [0, 0.05) is 24.5 Å². The van der Waals surface area contributed by atoms with Gasteiger partial charge in [-0.15, -0.1) is 0 Å². The number of hydrogen-bond donors (Lipinski definition) is 1. The number of ether oxygens (including phenoxy) is 4. The lowest BCUT2D eigenvalue weighted by atomic mass is 9.60. The molecule has 12 nitrogen and oxygen atoms in total. The molecule has 0 spiro atoms. The van der Waals surface area contributed by atoms with Crippen molar-refractivity contribution < 1.29 is 38.6 Å². The van der Waals surface area contributed by atoms with Crippen molar-refractivity contribution in [3.63, 3.8) is 0 Å². The maximum atomic E-state index is 13.4. The molecule has 1 aliphatic heterocycles. The van der Waals surface area contributed by atoms with Gasteiger partial charge in [0.2, 0.25) is 6.79 Å². The van der Waals surface area contributed by atoms with Crippen molar-refractivity contribution in [2.75, 3.05) is 20.0 Å². The number of azo groups is 1. The number of nitro benzene ring substituents is 1. The molecule has 5 atom stereocenters. The highest BCUT2D eigenvalue weighted by molar-refractivity contribution is 5.81. The molecular weight excluding hydrogens is 498 g/mol. The Kier molecular flexibility index (Phi) is 7.91. The Hall–Kier alpha value is -4.06. The first kappa shape index (κ1) is 27.0. The number of esters is 2. The number of carbonyl (C=O) groups is 2. The summed E-state index contributed by atoms with van der Waals surface area (Å²) in [6.07, 6.45) is -0.0858. The molecule has 0 bridgehead atoms. The first-order valence-corrected chi connectivity index (χ1v) is 12.3. The summed E-state index contributed by atoms with van der Waals surface area (Å²) in [5, 5.41) is 31.1. The summed E-state index contributed by atoms with van der Waals surface area (Å²) in [7, 11) is 0. The first-order valence-electron chi connectivity index (χ1n) is 12.3. The van der Waals surface area contributed by atoms with E-state index in [9.17, 15) is 24.8 Å². The van der Waals surface area contributed by atoms with Crippen LogP contribution in [0.2, 0.25) is 0 Å². The first-order chi connectivity index (χ1) is 18.2. The molecule has 38 heavy (non-hydrogen) atoms. The van der Waals surface area contributed by atoms with E-state index in [1.54, 1.807) is 32.0 Å². The molecule has 1 heterocycles. The molecule has 4 rings (SSSR count). The third kappa shape index (κ3) is 5.44. The highest BCUT2D eigenvalue weighted by Gasteiger charge is 2.57. The van der Waals surface area contributed by atoms with Crippen molar-refractivity contribution in [3.8, 4) is 11.5 Å². The smallest absolute Gasteiger partial charge is 0.312 e. The summed E-state index contributed by atoms with van der Waals surface area (Å²) in [6.45, 7) is 5.06. The molecule has 1 N–H and O–H groups in total. The van der Waals surface area contributed by atoms with Crippen LogP contribution in [0.1, 0.15) is 38.7 Å². The fourth-order valence-corrected chi connectivity index (χ4v) is 5.10. The second-order valence-electron chi connectivity index (χ2n) is 9.26. The zero-order valence-corrected chi connectivity index (χ0v) is 21.2. The molecule has 2 aromatic carbocycles. The van der Waals surface area contributed by atoms with E-state index in [-0.39, 0.29) is 32.1 Å². The Labute approximate surface area is 218 Å². The topological polar surface area (TPSA) is 159 Å². The van der Waals surface area contributed by atoms with Crippen molar-refractivity contribution in [2.24, 2.45) is 22.1 Å². The third-order valence-corrected chi connectivity index (χ3v) is 6.72. The van der Waals surface area contributed by atoms with Gasteiger partial charge in [-0.2, -0.15) is 10.2 Å². The summed E-state index contributed by atoms with van der Waals surface area (Å²) in [5.41, 5.74) is -0.866. The summed E-state index contributed by atoms with van der Waals surface area (Å²) < 4.78 is 21.7. The minimum absolute atomic E-state index is 0.0376. The molecule has 1 saturated carbocycles. The Bertz CT molecular complexity index is 1230. The molecule has 12 heteroatoms. The quantitative estimate of drug-likeness (QED) is 0.231. The molecule has 1 fully saturated rings. The average molecular weight is 528 g/mol. The molecule has 0 amide bonds. The number of fused-ring (bicyclic) bond motifs is 1. The molecule has 0 radical (unpaired) electrons. The van der Waals surface area contributed by atoms with E-state index >= 15 is 0 Å². The maximum absolute atomic E-state index is 13.4. The number of benzene rings is 2. The van der Waals surface area contributed by atoms with Gasteiger partial charge in [0.15, 0.2) is 11.5 Å². The minimum atomic E-state index is -1.63. The van der Waals surface area contributed by atoms with E-state index < -0.39 is 46.3 Å². The fraction of sp³-hybridized carbons (Fsp3) is 0.462. The Morgan fingerprint density at radius 3 is 2.39 bits per heavy atom. The summed E-state index contributed by atoms with van der Waals surface area (Å²) in [5.74, 6) is -3.32. The lowest BCUT2D eigenvalue weighted by Gasteiger charge is -2.46. The number of rotatable bonds is 8. The van der Waals surface area contributed by atoms with E-state index in [4.69, 9.17) is 18.9 Å². The normalized spacial score (nSPS) is 26.2. The second kappa shape index (κ2) is 11.1. The predicted molar refractivity (Wildman–Crippen MR) is 132 cm³/mol. The summed E-state index contributed by atoms with van der Waals surface area (Å²) in [6, 6.07) is 9.62. The number of carbonyl (C=O) groups excluding carboxylic acids is 2. The van der Waals surface area contributed by atoms with Crippen LogP contribution in [0.15, 0.2) is 52.7 Å². The molecule has 0 saturated heterocycles. The highest BCUT2D eigenvalue weighted by Crippen LogP contribution is 2.51. The lowest BCUT2D eigenvalue weighted by Crippen LogP contribution is -2.56. The van der Waals surface area contributed by atoms with Crippen LogP contribution in [0.4, 0.5) is 11.4 Å². The molecule has 5 unspecified atom stereocenters. The number of hydrogen-bond acceptors (Lipinski definition) is 11. The van der Waals surface area contributed by atoms with Crippen LogP contribution < -0.4 is 9.47 Å². The monoisotopic (exact) mass is 527 g/mol. The molecule has 1 aliphatic carbocycles. The maximum Gasteiger partial charge on any atom is 0.312 e. The van der Waals surface area contributed by atoms with Crippen LogP contribution in [-0.2, 0) is 19.1 Å². The second-order valence-corrected chi connectivity index (χ2v) is 9.26. The van der Waals surface area contributed by atoms with Gasteiger partial charge >= 0.3 is 11.9 Å². The molecule has 202 valence electrons. The Balaban J connectivity index is 1.80. The van der Waals surface area contributed by atoms with Crippen LogP contribution in [0.5, 0.6) is 11.5 Å². The van der Waals surface area contributed by atoms with Crippen LogP contribution in [-0.4, -0.2) is 53.6 Å². The summed E-state index contributed by atoms with van der Waals surface area (Å²) in [4.78, 5) is 37.1. The van der Waals surface area contributed by atoms with Gasteiger partial charge in [0.1, 0.15) is 0 Å². The molecule has 0 aromatic heterocycles. The van der Waals surface area contributed by atoms with Crippen LogP contribution in [0.3, 0.4) is 0 Å². The van der Waals surface area contributed by atoms with Gasteiger partial charge < -0.3 is 24.1 Å². The average Bonchev–Trinajstić information content (AvgIpc) is 3.35. The van der Waals surface area contributed by atoms with E-state index in [0.717, 1.165) is 0 Å². The van der Waals surface area contributed by atoms with Crippen LogP contribution in [0.25, 0.3) is 0 Å². The van der Waals surface area contributed by atoms with E-state index in [2.05, 4.69) is 10.2 Å². The molecular formula is C26H29N3O9. The SMILES string of the molecule is CCOC(=O)C1C(N=Nc2ccc([N+](=O)[O-])cc2)CC(C)(O)C(C(=O)OCC)C1c1ccc2c(c1)OCO2. The zero-order valence-electron chi connectivity index (χ0n) is 21.2. The van der Waals surface area contributed by atoms with E-state index in [1.807, 2.05) is 0 Å². The van der Waals surface area contributed by atoms with Crippen molar-refractivity contribution in [3.05, 3.63) is 58.1 Å².